The SMILES string of the molecule is COCCN(CCOC)Cc1ccc(CN(C)C(=O)C(=O)NCCCN2CCN(c3ccncc3)CC2)cc1. The number of nitrogens with zero attached hydrogens (tertiary/aromatic N) is 5. The van der Waals surface area contributed by atoms with Gasteiger partial charge in [-0.3, -0.25) is 24.4 Å². The first-order valence-corrected chi connectivity index (χ1v) is 13.7. The number of hydrogen-bond acceptors (Lipinski definition) is 8. The lowest BCUT2D eigenvalue weighted by Gasteiger charge is -2.36. The smallest absolute Gasteiger partial charge is 0.311 e. The highest BCUT2D eigenvalue weighted by molar-refractivity contribution is 6.34. The van der Waals surface area contributed by atoms with E-state index in [-0.39, 0.29) is 0 Å². The standard InChI is InChI=1S/C29H44N6O4/c1-32(23-25-5-7-26(8-6-25)24-34(19-21-38-2)20-22-39-3)29(37)28(36)31-11-4-14-33-15-17-35(18-16-33)27-9-12-30-13-10-27/h5-10,12-13H,4,11,14-24H2,1-3H3,(H,31,36). The lowest BCUT2D eigenvalue weighted by atomic mass is 10.1. The molecule has 1 aliphatic rings. The maximum absolute atomic E-state index is 12.6. The van der Waals surface area contributed by atoms with E-state index in [0.717, 1.165) is 64.3 Å². The number of carbonyl (C=O) groups is 2. The van der Waals surface area contributed by atoms with Gasteiger partial charge in [0.05, 0.1) is 13.2 Å². The van der Waals surface area contributed by atoms with Crippen molar-refractivity contribution in [3.8, 4) is 0 Å². The van der Waals surface area contributed by atoms with Crippen LogP contribution in [0.4, 0.5) is 5.69 Å². The van der Waals surface area contributed by atoms with Crippen molar-refractivity contribution < 1.29 is 19.1 Å². The van der Waals surface area contributed by atoms with Crippen LogP contribution in [0.3, 0.4) is 0 Å². The second-order valence-electron chi connectivity index (χ2n) is 9.88. The Bertz CT molecular complexity index is 975. The molecule has 1 fully saturated rings. The predicted molar refractivity (Wildman–Crippen MR) is 152 cm³/mol. The average Bonchev–Trinajstić information content (AvgIpc) is 2.97. The van der Waals surface area contributed by atoms with Gasteiger partial charge in [-0.15, -0.1) is 0 Å². The van der Waals surface area contributed by atoms with Gasteiger partial charge in [-0.05, 0) is 36.2 Å². The first kappa shape index (κ1) is 30.5. The third kappa shape index (κ3) is 10.6. The van der Waals surface area contributed by atoms with Crippen LogP contribution in [0, 0.1) is 0 Å². The lowest BCUT2D eigenvalue weighted by Crippen LogP contribution is -2.47. The molecule has 10 heteroatoms. The van der Waals surface area contributed by atoms with Crippen molar-refractivity contribution >= 4 is 17.5 Å². The van der Waals surface area contributed by atoms with Crippen LogP contribution in [-0.4, -0.2) is 118 Å². The van der Waals surface area contributed by atoms with Gasteiger partial charge in [-0.25, -0.2) is 0 Å². The molecular weight excluding hydrogens is 496 g/mol. The van der Waals surface area contributed by atoms with Crippen LogP contribution in [0.25, 0.3) is 0 Å². The molecule has 1 N–H and O–H groups in total. The van der Waals surface area contributed by atoms with Gasteiger partial charge in [0.15, 0.2) is 0 Å². The molecule has 0 spiro atoms. The minimum Gasteiger partial charge on any atom is -0.383 e. The minimum absolute atomic E-state index is 0.380. The highest BCUT2D eigenvalue weighted by Crippen LogP contribution is 2.15. The second-order valence-corrected chi connectivity index (χ2v) is 9.88. The fourth-order valence-corrected chi connectivity index (χ4v) is 4.60. The zero-order valence-electron chi connectivity index (χ0n) is 23.7. The summed E-state index contributed by atoms with van der Waals surface area (Å²) in [5, 5.41) is 2.79. The fraction of sp³-hybridized carbons (Fsp3) is 0.552. The Hall–Kier alpha value is -3.05. The number of amides is 2. The summed E-state index contributed by atoms with van der Waals surface area (Å²) in [6.45, 7) is 9.46. The quantitative estimate of drug-likeness (QED) is 0.268. The van der Waals surface area contributed by atoms with Crippen molar-refractivity contribution in [2.75, 3.05) is 91.7 Å². The Balaban J connectivity index is 1.33. The number of ether oxygens (including phenoxy) is 2. The van der Waals surface area contributed by atoms with E-state index >= 15 is 0 Å². The largest absolute Gasteiger partial charge is 0.383 e. The number of piperazine rings is 1. The van der Waals surface area contributed by atoms with Gasteiger partial charge in [0.2, 0.25) is 0 Å². The predicted octanol–water partition coefficient (Wildman–Crippen LogP) is 1.46. The number of pyridine rings is 1. The molecule has 1 aromatic carbocycles. The van der Waals surface area contributed by atoms with Crippen LogP contribution in [0.5, 0.6) is 0 Å². The molecule has 0 radical (unpaired) electrons. The summed E-state index contributed by atoms with van der Waals surface area (Å²) in [7, 11) is 5.07. The summed E-state index contributed by atoms with van der Waals surface area (Å²) in [6.07, 6.45) is 4.46. The molecule has 1 aliphatic heterocycles. The van der Waals surface area contributed by atoms with Crippen LogP contribution in [0.15, 0.2) is 48.8 Å². The van der Waals surface area contributed by atoms with Gasteiger partial charge >= 0.3 is 11.8 Å². The number of nitrogens with one attached hydrogen (secondary N) is 1. The van der Waals surface area contributed by atoms with E-state index in [9.17, 15) is 9.59 Å². The Kier molecular flexibility index (Phi) is 13.1. The molecule has 214 valence electrons. The van der Waals surface area contributed by atoms with Gasteiger partial charge in [0, 0.05) is 98.3 Å². The molecule has 39 heavy (non-hydrogen) atoms. The molecule has 2 heterocycles. The monoisotopic (exact) mass is 540 g/mol. The van der Waals surface area contributed by atoms with Crippen LogP contribution in [-0.2, 0) is 32.2 Å². The minimum atomic E-state index is -0.552. The number of hydrogen-bond donors (Lipinski definition) is 1. The Morgan fingerprint density at radius 3 is 2.08 bits per heavy atom. The molecular formula is C29H44N6O4. The molecule has 1 saturated heterocycles. The zero-order valence-corrected chi connectivity index (χ0v) is 23.7. The van der Waals surface area contributed by atoms with Crippen LogP contribution >= 0.6 is 0 Å². The van der Waals surface area contributed by atoms with E-state index in [0.29, 0.717) is 26.3 Å². The van der Waals surface area contributed by atoms with Gasteiger partial charge in [0.1, 0.15) is 0 Å². The molecule has 0 unspecified atom stereocenters. The van der Waals surface area contributed by atoms with Crippen LogP contribution in [0.1, 0.15) is 17.5 Å². The fourth-order valence-electron chi connectivity index (χ4n) is 4.60. The highest BCUT2D eigenvalue weighted by Gasteiger charge is 2.20. The van der Waals surface area contributed by atoms with Gasteiger partial charge in [-0.2, -0.15) is 0 Å². The van der Waals surface area contributed by atoms with Gasteiger partial charge < -0.3 is 24.6 Å². The maximum Gasteiger partial charge on any atom is 0.311 e. The summed E-state index contributed by atoms with van der Waals surface area (Å²) in [4.78, 5) is 37.6. The van der Waals surface area contributed by atoms with Gasteiger partial charge in [-0.1, -0.05) is 24.3 Å². The van der Waals surface area contributed by atoms with Crippen LogP contribution in [0.2, 0.25) is 0 Å². The molecule has 2 amide bonds. The number of likely N-dealkylation sites (N-methyl/N-ethyl adjacent to an activating group) is 1. The number of methoxy groups -OCH3 is 2. The molecule has 0 bridgehead atoms. The number of aromatic nitrogens is 1. The van der Waals surface area contributed by atoms with E-state index < -0.39 is 11.8 Å². The summed E-state index contributed by atoms with van der Waals surface area (Å²) in [5.41, 5.74) is 3.36. The molecule has 2 aromatic rings. The molecule has 0 aliphatic carbocycles. The van der Waals surface area contributed by atoms with E-state index in [1.54, 1.807) is 21.3 Å². The molecule has 1 aromatic heterocycles. The number of rotatable bonds is 15. The number of anilines is 1. The topological polar surface area (TPSA) is 90.5 Å². The third-order valence-corrected chi connectivity index (χ3v) is 6.95. The van der Waals surface area contributed by atoms with Crippen molar-refractivity contribution in [2.45, 2.75) is 19.5 Å². The first-order valence-electron chi connectivity index (χ1n) is 13.7. The maximum atomic E-state index is 12.6. The van der Waals surface area contributed by atoms with Crippen LogP contribution < -0.4 is 10.2 Å². The molecule has 0 saturated carbocycles. The van der Waals surface area contributed by atoms with Crippen molar-refractivity contribution in [3.63, 3.8) is 0 Å². The molecule has 10 nitrogen and oxygen atoms in total. The second kappa shape index (κ2) is 16.8. The summed E-state index contributed by atoms with van der Waals surface area (Å²) < 4.78 is 10.4. The number of benzene rings is 1. The average molecular weight is 541 g/mol. The summed E-state index contributed by atoms with van der Waals surface area (Å²) >= 11 is 0. The first-order chi connectivity index (χ1) is 19.0. The van der Waals surface area contributed by atoms with Gasteiger partial charge in [0.25, 0.3) is 0 Å². The third-order valence-electron chi connectivity index (χ3n) is 6.95. The van der Waals surface area contributed by atoms with E-state index in [4.69, 9.17) is 9.47 Å². The zero-order chi connectivity index (χ0) is 27.9. The van der Waals surface area contributed by atoms with E-state index in [2.05, 4.69) is 37.1 Å². The Morgan fingerprint density at radius 2 is 1.49 bits per heavy atom. The normalized spacial score (nSPS) is 14.0. The highest BCUT2D eigenvalue weighted by atomic mass is 16.5. The van der Waals surface area contributed by atoms with Crippen molar-refractivity contribution in [3.05, 3.63) is 59.9 Å². The Labute approximate surface area is 232 Å². The van der Waals surface area contributed by atoms with E-state index in [1.165, 1.54) is 16.2 Å². The molecule has 3 rings (SSSR count). The van der Waals surface area contributed by atoms with E-state index in [1.807, 2.05) is 36.7 Å². The summed E-state index contributed by atoms with van der Waals surface area (Å²) in [5.74, 6) is -1.07. The van der Waals surface area contributed by atoms with Crippen molar-refractivity contribution in [2.24, 2.45) is 0 Å². The molecule has 0 atom stereocenters. The number of carbonyl (C=O) groups excluding carboxylic acids is 2. The van der Waals surface area contributed by atoms with Crippen molar-refractivity contribution in [1.82, 2.24) is 25.0 Å². The Morgan fingerprint density at radius 1 is 0.897 bits per heavy atom. The summed E-state index contributed by atoms with van der Waals surface area (Å²) in [6, 6.07) is 12.2. The lowest BCUT2D eigenvalue weighted by molar-refractivity contribution is -0.145. The van der Waals surface area contributed by atoms with Crippen molar-refractivity contribution in [1.29, 1.82) is 0 Å².